The fourth-order valence-corrected chi connectivity index (χ4v) is 3.25. The molecule has 1 aliphatic heterocycles. The molecule has 0 saturated carbocycles. The summed E-state index contributed by atoms with van der Waals surface area (Å²) in [7, 11) is 0. The number of hydrogen-bond acceptors (Lipinski definition) is 3. The number of likely N-dealkylation sites (tertiary alicyclic amines) is 1. The third-order valence-electron chi connectivity index (χ3n) is 4.34. The Morgan fingerprint density at radius 3 is 2.70 bits per heavy atom. The van der Waals surface area contributed by atoms with Crippen LogP contribution in [0.4, 0.5) is 0 Å². The van der Waals surface area contributed by atoms with Gasteiger partial charge in [-0.2, -0.15) is 0 Å². The van der Waals surface area contributed by atoms with Gasteiger partial charge >= 0.3 is 0 Å². The lowest BCUT2D eigenvalue weighted by Gasteiger charge is -2.41. The quantitative estimate of drug-likeness (QED) is 0.929. The van der Waals surface area contributed by atoms with E-state index in [1.165, 1.54) is 12.0 Å². The summed E-state index contributed by atoms with van der Waals surface area (Å²) in [6.45, 7) is 3.75. The predicted octanol–water partition coefficient (Wildman–Crippen LogP) is 2.77. The van der Waals surface area contributed by atoms with Crippen LogP contribution in [0, 0.1) is 0 Å². The molecule has 0 bridgehead atoms. The summed E-state index contributed by atoms with van der Waals surface area (Å²) in [5, 5.41) is 0. The maximum atomic E-state index is 6.10. The van der Waals surface area contributed by atoms with Crippen LogP contribution < -0.4 is 5.73 Å². The average Bonchev–Trinajstić information content (AvgIpc) is 3.03. The molecular formula is C17H22N2O. The van der Waals surface area contributed by atoms with Gasteiger partial charge in [0, 0.05) is 19.6 Å². The van der Waals surface area contributed by atoms with Crippen molar-refractivity contribution in [2.75, 3.05) is 19.6 Å². The van der Waals surface area contributed by atoms with E-state index in [-0.39, 0.29) is 5.41 Å². The first-order valence-electron chi connectivity index (χ1n) is 7.33. The molecule has 0 aliphatic carbocycles. The lowest BCUT2D eigenvalue weighted by molar-refractivity contribution is 0.127. The molecule has 1 aromatic heterocycles. The number of furan rings is 1. The Balaban J connectivity index is 1.75. The van der Waals surface area contributed by atoms with E-state index in [2.05, 4.69) is 41.3 Å². The molecule has 20 heavy (non-hydrogen) atoms. The normalized spacial score (nSPS) is 23.9. The van der Waals surface area contributed by atoms with Crippen LogP contribution in [0.2, 0.25) is 0 Å². The topological polar surface area (TPSA) is 42.4 Å². The van der Waals surface area contributed by atoms with Crippen LogP contribution in [0.15, 0.2) is 53.1 Å². The standard InChI is InChI=1S/C17H22N2O/c18-13-17(16-8-4-11-20-16)9-5-10-19(14-17)12-15-6-2-1-3-7-15/h1-4,6-8,11H,5,9-10,12-14,18H2. The monoisotopic (exact) mass is 270 g/mol. The number of piperidine rings is 1. The first-order valence-corrected chi connectivity index (χ1v) is 7.33. The molecule has 2 N–H and O–H groups in total. The van der Waals surface area contributed by atoms with Gasteiger partial charge in [-0.3, -0.25) is 4.90 Å². The Morgan fingerprint density at radius 1 is 1.15 bits per heavy atom. The first-order chi connectivity index (χ1) is 9.82. The lowest BCUT2D eigenvalue weighted by atomic mass is 9.77. The zero-order valence-corrected chi connectivity index (χ0v) is 11.8. The number of benzene rings is 1. The molecule has 0 spiro atoms. The van der Waals surface area contributed by atoms with Crippen LogP contribution in [-0.4, -0.2) is 24.5 Å². The smallest absolute Gasteiger partial charge is 0.112 e. The average molecular weight is 270 g/mol. The van der Waals surface area contributed by atoms with Crippen LogP contribution in [0.3, 0.4) is 0 Å². The fraction of sp³-hybridized carbons (Fsp3) is 0.412. The molecule has 1 atom stereocenters. The van der Waals surface area contributed by atoms with Crippen molar-refractivity contribution in [2.45, 2.75) is 24.8 Å². The van der Waals surface area contributed by atoms with E-state index < -0.39 is 0 Å². The van der Waals surface area contributed by atoms with Crippen LogP contribution >= 0.6 is 0 Å². The molecule has 3 heteroatoms. The summed E-state index contributed by atoms with van der Waals surface area (Å²) < 4.78 is 5.66. The molecule has 3 nitrogen and oxygen atoms in total. The van der Waals surface area contributed by atoms with Crippen molar-refractivity contribution in [1.82, 2.24) is 4.90 Å². The summed E-state index contributed by atoms with van der Waals surface area (Å²) in [6.07, 6.45) is 4.04. The number of nitrogens with zero attached hydrogens (tertiary/aromatic N) is 1. The molecule has 1 aromatic carbocycles. The maximum Gasteiger partial charge on any atom is 0.112 e. The van der Waals surface area contributed by atoms with Crippen LogP contribution in [0.5, 0.6) is 0 Å². The second-order valence-corrected chi connectivity index (χ2v) is 5.76. The summed E-state index contributed by atoms with van der Waals surface area (Å²) >= 11 is 0. The molecule has 1 aliphatic rings. The summed E-state index contributed by atoms with van der Waals surface area (Å²) in [6, 6.07) is 14.7. The van der Waals surface area contributed by atoms with Crippen molar-refractivity contribution in [1.29, 1.82) is 0 Å². The highest BCUT2D eigenvalue weighted by Gasteiger charge is 2.38. The van der Waals surface area contributed by atoms with Gasteiger partial charge in [0.05, 0.1) is 11.7 Å². The van der Waals surface area contributed by atoms with Crippen LogP contribution in [0.25, 0.3) is 0 Å². The highest BCUT2D eigenvalue weighted by atomic mass is 16.3. The van der Waals surface area contributed by atoms with E-state index in [0.717, 1.165) is 31.8 Å². The zero-order valence-electron chi connectivity index (χ0n) is 11.8. The molecule has 106 valence electrons. The number of hydrogen-bond donors (Lipinski definition) is 1. The molecule has 0 amide bonds. The van der Waals surface area contributed by atoms with Crippen molar-refractivity contribution in [3.05, 3.63) is 60.1 Å². The second kappa shape index (κ2) is 5.81. The van der Waals surface area contributed by atoms with Crippen molar-refractivity contribution >= 4 is 0 Å². The Labute approximate surface area is 120 Å². The van der Waals surface area contributed by atoms with Gasteiger partial charge in [-0.25, -0.2) is 0 Å². The Morgan fingerprint density at radius 2 is 2.00 bits per heavy atom. The van der Waals surface area contributed by atoms with Gasteiger partial charge in [0.2, 0.25) is 0 Å². The van der Waals surface area contributed by atoms with Crippen molar-refractivity contribution < 1.29 is 4.42 Å². The molecule has 2 heterocycles. The van der Waals surface area contributed by atoms with Gasteiger partial charge in [0.1, 0.15) is 5.76 Å². The first kappa shape index (κ1) is 13.4. The second-order valence-electron chi connectivity index (χ2n) is 5.76. The molecule has 2 aromatic rings. The highest BCUT2D eigenvalue weighted by molar-refractivity contribution is 5.19. The Hall–Kier alpha value is -1.58. The summed E-state index contributed by atoms with van der Waals surface area (Å²) in [5.74, 6) is 1.04. The fourth-order valence-electron chi connectivity index (χ4n) is 3.25. The summed E-state index contributed by atoms with van der Waals surface area (Å²) in [4.78, 5) is 2.49. The molecule has 1 unspecified atom stereocenters. The molecule has 1 saturated heterocycles. The molecular weight excluding hydrogens is 248 g/mol. The van der Waals surface area contributed by atoms with Crippen molar-refractivity contribution in [3.8, 4) is 0 Å². The zero-order chi connectivity index (χ0) is 13.8. The lowest BCUT2D eigenvalue weighted by Crippen LogP contribution is -2.49. The van der Waals surface area contributed by atoms with E-state index in [9.17, 15) is 0 Å². The molecule has 0 radical (unpaired) electrons. The van der Waals surface area contributed by atoms with Gasteiger partial charge in [0.25, 0.3) is 0 Å². The van der Waals surface area contributed by atoms with E-state index in [1.807, 2.05) is 6.07 Å². The van der Waals surface area contributed by atoms with E-state index >= 15 is 0 Å². The highest BCUT2D eigenvalue weighted by Crippen LogP contribution is 2.34. The minimum Gasteiger partial charge on any atom is -0.469 e. The largest absolute Gasteiger partial charge is 0.469 e. The van der Waals surface area contributed by atoms with Crippen LogP contribution in [0.1, 0.15) is 24.2 Å². The molecule has 3 rings (SSSR count). The van der Waals surface area contributed by atoms with E-state index in [0.29, 0.717) is 6.54 Å². The van der Waals surface area contributed by atoms with Crippen LogP contribution in [-0.2, 0) is 12.0 Å². The maximum absolute atomic E-state index is 6.10. The van der Waals surface area contributed by atoms with E-state index in [4.69, 9.17) is 10.2 Å². The Kier molecular flexibility index (Phi) is 3.90. The van der Waals surface area contributed by atoms with Gasteiger partial charge < -0.3 is 10.2 Å². The summed E-state index contributed by atoms with van der Waals surface area (Å²) in [5.41, 5.74) is 7.44. The van der Waals surface area contributed by atoms with E-state index in [1.54, 1.807) is 6.26 Å². The van der Waals surface area contributed by atoms with Crippen molar-refractivity contribution in [3.63, 3.8) is 0 Å². The third kappa shape index (κ3) is 2.65. The SMILES string of the molecule is NCC1(c2ccco2)CCCN(Cc2ccccc2)C1. The Bertz CT molecular complexity index is 523. The van der Waals surface area contributed by atoms with Crippen molar-refractivity contribution in [2.24, 2.45) is 5.73 Å². The van der Waals surface area contributed by atoms with Gasteiger partial charge in [-0.15, -0.1) is 0 Å². The van der Waals surface area contributed by atoms with Gasteiger partial charge in [-0.1, -0.05) is 30.3 Å². The molecule has 1 fully saturated rings. The minimum absolute atomic E-state index is 0.0173. The third-order valence-corrected chi connectivity index (χ3v) is 4.34. The number of nitrogens with two attached hydrogens (primary N) is 1. The predicted molar refractivity (Wildman–Crippen MR) is 80.4 cm³/mol. The number of rotatable bonds is 4. The van der Waals surface area contributed by atoms with Gasteiger partial charge in [-0.05, 0) is 37.1 Å². The van der Waals surface area contributed by atoms with Gasteiger partial charge in [0.15, 0.2) is 0 Å². The minimum atomic E-state index is -0.0173.